The summed E-state index contributed by atoms with van der Waals surface area (Å²) in [5, 5.41) is 16.9. The number of pyridine rings is 1. The number of amides is 1. The SMILES string of the molecule is CCS(=O)(=O)c1ccc(C2(NC(=O)c3nn(C(C)(C)C)c(Oc4cncc(CO)c4C(F)(F)F)c3C)CCOC2)cc1. The number of hydrogen-bond acceptors (Lipinski definition) is 8. The third-order valence-electron chi connectivity index (χ3n) is 7.09. The van der Waals surface area contributed by atoms with E-state index >= 15 is 0 Å². The summed E-state index contributed by atoms with van der Waals surface area (Å²) in [6.45, 7) is 7.87. The molecule has 2 aromatic heterocycles. The van der Waals surface area contributed by atoms with E-state index in [1.165, 1.54) is 23.7 Å². The highest BCUT2D eigenvalue weighted by Crippen LogP contribution is 2.42. The number of halogens is 3. The van der Waals surface area contributed by atoms with Crippen molar-refractivity contribution in [2.24, 2.45) is 0 Å². The summed E-state index contributed by atoms with van der Waals surface area (Å²) in [5.74, 6) is -1.41. The molecule has 0 radical (unpaired) electrons. The van der Waals surface area contributed by atoms with Crippen molar-refractivity contribution in [3.8, 4) is 11.6 Å². The summed E-state index contributed by atoms with van der Waals surface area (Å²) < 4.78 is 79.1. The number of alkyl halides is 3. The molecule has 2 N–H and O–H groups in total. The van der Waals surface area contributed by atoms with Crippen LogP contribution in [0.2, 0.25) is 0 Å². The van der Waals surface area contributed by atoms with Gasteiger partial charge in [0, 0.05) is 30.4 Å². The van der Waals surface area contributed by atoms with Gasteiger partial charge in [-0.2, -0.15) is 18.3 Å². The number of aliphatic hydroxyl groups excluding tert-OH is 1. The smallest absolute Gasteiger partial charge is 0.420 e. The maximum Gasteiger partial charge on any atom is 0.420 e. The van der Waals surface area contributed by atoms with Gasteiger partial charge in [-0.3, -0.25) is 9.78 Å². The molecule has 0 saturated carbocycles. The minimum atomic E-state index is -4.85. The second-order valence-corrected chi connectivity index (χ2v) is 13.3. The van der Waals surface area contributed by atoms with Crippen LogP contribution in [-0.2, 0) is 38.4 Å². The third kappa shape index (κ3) is 6.01. The third-order valence-corrected chi connectivity index (χ3v) is 8.84. The van der Waals surface area contributed by atoms with Crippen LogP contribution in [0.5, 0.6) is 11.6 Å². The fraction of sp³-hybridized carbons (Fsp3) is 0.464. The molecule has 1 atom stereocenters. The number of ether oxygens (including phenoxy) is 2. The predicted octanol–water partition coefficient (Wildman–Crippen LogP) is 4.48. The van der Waals surface area contributed by atoms with Crippen LogP contribution in [0.15, 0.2) is 41.6 Å². The lowest BCUT2D eigenvalue weighted by molar-refractivity contribution is -0.139. The van der Waals surface area contributed by atoms with Gasteiger partial charge in [0.15, 0.2) is 21.3 Å². The molecule has 0 spiro atoms. The van der Waals surface area contributed by atoms with Crippen molar-refractivity contribution in [3.63, 3.8) is 0 Å². The molecule has 10 nitrogen and oxygen atoms in total. The lowest BCUT2D eigenvalue weighted by atomic mass is 9.89. The van der Waals surface area contributed by atoms with E-state index in [0.717, 1.165) is 12.4 Å². The first kappa shape index (κ1) is 31.4. The largest absolute Gasteiger partial charge is 0.437 e. The molecule has 0 bridgehead atoms. The molecular formula is C28H33F3N4O6S. The van der Waals surface area contributed by atoms with Gasteiger partial charge in [-0.1, -0.05) is 19.1 Å². The molecule has 1 unspecified atom stereocenters. The summed E-state index contributed by atoms with van der Waals surface area (Å²) in [6.07, 6.45) is -2.64. The van der Waals surface area contributed by atoms with Gasteiger partial charge < -0.3 is 19.9 Å². The van der Waals surface area contributed by atoms with Gasteiger partial charge in [-0.05, 0) is 45.4 Å². The van der Waals surface area contributed by atoms with Crippen LogP contribution in [0.25, 0.3) is 0 Å². The van der Waals surface area contributed by atoms with Gasteiger partial charge in [-0.25, -0.2) is 13.1 Å². The molecule has 42 heavy (non-hydrogen) atoms. The summed E-state index contributed by atoms with van der Waals surface area (Å²) in [7, 11) is -3.42. The van der Waals surface area contributed by atoms with E-state index in [0.29, 0.717) is 18.6 Å². The molecule has 3 heterocycles. The minimum absolute atomic E-state index is 0.0533. The van der Waals surface area contributed by atoms with Gasteiger partial charge in [0.2, 0.25) is 5.88 Å². The van der Waals surface area contributed by atoms with E-state index in [1.807, 2.05) is 0 Å². The number of nitrogens with one attached hydrogen (secondary N) is 1. The number of nitrogens with zero attached hydrogens (tertiary/aromatic N) is 3. The molecule has 14 heteroatoms. The Kier molecular flexibility index (Phi) is 8.46. The maximum atomic E-state index is 14.0. The van der Waals surface area contributed by atoms with Crippen LogP contribution in [0.1, 0.15) is 66.9 Å². The van der Waals surface area contributed by atoms with Crippen molar-refractivity contribution in [3.05, 3.63) is 64.6 Å². The molecule has 4 rings (SSSR count). The maximum absolute atomic E-state index is 14.0. The number of aromatic nitrogens is 3. The van der Waals surface area contributed by atoms with Crippen molar-refractivity contribution < 1.29 is 41.0 Å². The van der Waals surface area contributed by atoms with Gasteiger partial charge in [-0.15, -0.1) is 0 Å². The van der Waals surface area contributed by atoms with Crippen molar-refractivity contribution in [1.29, 1.82) is 0 Å². The molecule has 1 aromatic carbocycles. The van der Waals surface area contributed by atoms with Crippen LogP contribution < -0.4 is 10.1 Å². The number of rotatable bonds is 8. The first-order valence-corrected chi connectivity index (χ1v) is 14.9. The van der Waals surface area contributed by atoms with E-state index in [4.69, 9.17) is 9.47 Å². The Balaban J connectivity index is 1.74. The van der Waals surface area contributed by atoms with Gasteiger partial charge in [0.25, 0.3) is 5.91 Å². The zero-order valence-corrected chi connectivity index (χ0v) is 24.7. The van der Waals surface area contributed by atoms with Gasteiger partial charge in [0.05, 0.1) is 41.1 Å². The fourth-order valence-corrected chi connectivity index (χ4v) is 5.65. The highest BCUT2D eigenvalue weighted by Gasteiger charge is 2.41. The summed E-state index contributed by atoms with van der Waals surface area (Å²) in [6, 6.07) is 6.23. The van der Waals surface area contributed by atoms with Crippen LogP contribution in [0, 0.1) is 6.92 Å². The average Bonchev–Trinajstić information content (AvgIpc) is 3.53. The molecular weight excluding hydrogens is 577 g/mol. The Morgan fingerprint density at radius 1 is 1.19 bits per heavy atom. The quantitative estimate of drug-likeness (QED) is 0.382. The van der Waals surface area contributed by atoms with Gasteiger partial charge in [0.1, 0.15) is 5.56 Å². The highest BCUT2D eigenvalue weighted by molar-refractivity contribution is 7.91. The molecule has 1 amide bonds. The second-order valence-electron chi connectivity index (χ2n) is 11.1. The summed E-state index contributed by atoms with van der Waals surface area (Å²) >= 11 is 0. The lowest BCUT2D eigenvalue weighted by Gasteiger charge is -2.29. The molecule has 1 saturated heterocycles. The molecule has 228 valence electrons. The number of benzene rings is 1. The minimum Gasteiger partial charge on any atom is -0.437 e. The first-order chi connectivity index (χ1) is 19.5. The Labute approximate surface area is 241 Å². The Morgan fingerprint density at radius 3 is 2.38 bits per heavy atom. The summed E-state index contributed by atoms with van der Waals surface area (Å²) in [4.78, 5) is 17.7. The number of carbonyl (C=O) groups is 1. The van der Waals surface area contributed by atoms with Crippen LogP contribution >= 0.6 is 0 Å². The highest BCUT2D eigenvalue weighted by atomic mass is 32.2. The van der Waals surface area contributed by atoms with Crippen molar-refractivity contribution in [2.45, 2.75) is 69.8 Å². The normalized spacial score (nSPS) is 17.8. The number of aliphatic hydroxyl groups is 1. The van der Waals surface area contributed by atoms with Crippen LogP contribution in [0.4, 0.5) is 13.2 Å². The summed E-state index contributed by atoms with van der Waals surface area (Å²) in [5.41, 5.74) is -2.70. The van der Waals surface area contributed by atoms with E-state index in [1.54, 1.807) is 39.8 Å². The molecule has 0 aliphatic carbocycles. The predicted molar refractivity (Wildman–Crippen MR) is 146 cm³/mol. The zero-order valence-electron chi connectivity index (χ0n) is 23.9. The lowest BCUT2D eigenvalue weighted by Crippen LogP contribution is -2.46. The standard InChI is InChI=1S/C28H33F3N4O6S/c1-6-42(38,39)20-9-7-19(8-10-20)27(11-12-40-16-27)33-24(37)23-17(2)25(35(34-23)26(3,4)5)41-21-14-32-13-18(15-36)22(21)28(29,30)31/h7-10,13-14,36H,6,11-12,15-16H2,1-5H3,(H,33,37). The van der Waals surface area contributed by atoms with Crippen molar-refractivity contribution >= 4 is 15.7 Å². The Bertz CT molecular complexity index is 1570. The van der Waals surface area contributed by atoms with Crippen LogP contribution in [-0.4, -0.2) is 53.2 Å². The topological polar surface area (TPSA) is 133 Å². The first-order valence-electron chi connectivity index (χ1n) is 13.2. The average molecular weight is 611 g/mol. The monoisotopic (exact) mass is 610 g/mol. The molecule has 1 aliphatic rings. The van der Waals surface area contributed by atoms with E-state index in [2.05, 4.69) is 15.4 Å². The molecule has 3 aromatic rings. The fourth-order valence-electron chi connectivity index (χ4n) is 4.76. The Morgan fingerprint density at radius 2 is 1.86 bits per heavy atom. The van der Waals surface area contributed by atoms with E-state index in [-0.39, 0.29) is 34.4 Å². The number of carbonyl (C=O) groups excluding carboxylic acids is 1. The van der Waals surface area contributed by atoms with E-state index < -0.39 is 56.5 Å². The van der Waals surface area contributed by atoms with E-state index in [9.17, 15) is 31.5 Å². The zero-order chi connectivity index (χ0) is 31.1. The molecule has 1 aliphatic heterocycles. The van der Waals surface area contributed by atoms with Crippen molar-refractivity contribution in [2.75, 3.05) is 19.0 Å². The van der Waals surface area contributed by atoms with Crippen LogP contribution in [0.3, 0.4) is 0 Å². The van der Waals surface area contributed by atoms with Crippen molar-refractivity contribution in [1.82, 2.24) is 20.1 Å². The van der Waals surface area contributed by atoms with Gasteiger partial charge >= 0.3 is 6.18 Å². The number of sulfone groups is 1. The number of hydrogen-bond donors (Lipinski definition) is 2. The molecule has 1 fully saturated rings. The Hall–Kier alpha value is -3.49. The second kappa shape index (κ2) is 11.3.